The van der Waals surface area contributed by atoms with Crippen LogP contribution in [0.3, 0.4) is 0 Å². The minimum absolute atomic E-state index is 0.0472. The molecule has 0 saturated carbocycles. The molecule has 4 aromatic carbocycles. The number of likely N-dealkylation sites (N-methyl/N-ethyl adjacent to an activating group) is 2. The SMILES string of the molecule is CN=C(C)C(CCOc1ccc(F)cc1-c1ccc2ncc(CCN)n2c1)=C(N)C(=O)N(C)C.CN=C(C)C(CCOc1ccc(F)cc1-c1ccc2ncc(CCN)n2c1)=C(N)C(=O)NC.CN=C(C)C(CCOc1ccc(F)cc1-c1ccc2ncc(CCN)n2c1)=C(N)C(N)=O.CN=C(C)C(CCOc1ccc(F)cc1-c1ccc2ncc(CCN)n2c1)=C(N)CO. The number of imidazole rings is 4. The van der Waals surface area contributed by atoms with Gasteiger partial charge in [-0.05, 0) is 181 Å². The lowest BCUT2D eigenvalue weighted by molar-refractivity contribution is -0.124. The molecule has 0 saturated heterocycles. The smallest absolute Gasteiger partial charge is 0.269 e. The molecule has 0 aliphatic rings. The Labute approximate surface area is 751 Å². The Morgan fingerprint density at radius 3 is 0.908 bits per heavy atom. The molecule has 12 aromatic rings. The van der Waals surface area contributed by atoms with Crippen LogP contribution in [0.4, 0.5) is 17.6 Å². The van der Waals surface area contributed by atoms with Gasteiger partial charge in [-0.15, -0.1) is 0 Å². The largest absolute Gasteiger partial charge is 0.493 e. The quantitative estimate of drug-likeness (QED) is 0.00987. The molecular formula is C95H115F4N23O8. The molecular weight excluding hydrogens is 1670 g/mol. The van der Waals surface area contributed by atoms with E-state index in [2.05, 4.69) is 45.2 Å². The first-order chi connectivity index (χ1) is 62.5. The fourth-order valence-electron chi connectivity index (χ4n) is 14.1. The van der Waals surface area contributed by atoms with Crippen LogP contribution in [0.5, 0.6) is 23.0 Å². The van der Waals surface area contributed by atoms with Crippen LogP contribution in [0.25, 0.3) is 67.1 Å². The molecule has 0 aliphatic carbocycles. The van der Waals surface area contributed by atoms with Gasteiger partial charge in [0.2, 0.25) is 0 Å². The Morgan fingerprint density at radius 1 is 0.400 bits per heavy atom. The Hall–Kier alpha value is -14.4. The van der Waals surface area contributed by atoms with E-state index >= 15 is 0 Å². The standard InChI is InChI=1S/C25H31FN6O2.C24H29FN6O2.C23H27FN6O2.C23H28FN5O2/c1-16(29-2)20(24(28)25(33)31(3)4)10-12-34-22-7-6-18(26)13-21(22)17-5-8-23-30-14-19(9-11-27)32(23)15-17;1-15(28-2)19(23(27)24(32)29-3)9-11-33-21-6-5-17(25)12-20(21)16-4-7-22-30-13-18(8-10-26)31(22)14-16;1-14(28-2)18(22(26)23(27)31)8-10-32-20-5-4-16(24)11-19(20)15-3-6-21-29-12-17(7-9-25)30(21)13-15;1-15(27-2)19(21(26)14-30)8-10-31-22-5-4-17(24)11-20(22)16-3-6-23-28-12-18(7-9-25)29(23)13-16/h5-8,13-15H,9-12,27-28H2,1-4H3;4-7,12-14H,8-11,26-27H2,1-3H3,(H,29,32);3-6,11-13H,7-10,25-26H2,1-2H3,(H2,27,31);3-6,11-13,30H,7-10,14,25-26H2,1-2H3. The minimum Gasteiger partial charge on any atom is -0.493 e. The zero-order valence-corrected chi connectivity index (χ0v) is 75.0. The van der Waals surface area contributed by atoms with Gasteiger partial charge in [-0.1, -0.05) is 0 Å². The maximum absolute atomic E-state index is 14.2. The van der Waals surface area contributed by atoms with Crippen molar-refractivity contribution in [2.75, 3.05) is 109 Å². The number of aliphatic hydroxyl groups is 1. The number of halogens is 4. The first kappa shape index (κ1) is 99.4. The van der Waals surface area contributed by atoms with E-state index in [0.717, 1.165) is 78.9 Å². The lowest BCUT2D eigenvalue weighted by Crippen LogP contribution is -2.30. The van der Waals surface area contributed by atoms with Crippen LogP contribution in [0.2, 0.25) is 0 Å². The van der Waals surface area contributed by atoms with E-state index in [-0.39, 0.29) is 78.6 Å². The molecule has 0 bridgehead atoms. The molecule has 0 atom stereocenters. The van der Waals surface area contributed by atoms with Crippen molar-refractivity contribution in [1.29, 1.82) is 0 Å². The van der Waals surface area contributed by atoms with Crippen LogP contribution in [0.15, 0.2) is 236 Å². The monoisotopic (exact) mass is 1780 g/mol. The predicted octanol–water partition coefficient (Wildman–Crippen LogP) is 10.2. The van der Waals surface area contributed by atoms with Crippen molar-refractivity contribution in [1.82, 2.24) is 47.8 Å². The highest BCUT2D eigenvalue weighted by Gasteiger charge is 2.23. The number of nitrogens with zero attached hydrogens (tertiary/aromatic N) is 13. The van der Waals surface area contributed by atoms with E-state index in [4.69, 9.17) is 70.6 Å². The molecule has 8 aromatic heterocycles. The third-order valence-electron chi connectivity index (χ3n) is 21.4. The Morgan fingerprint density at radius 2 is 0.662 bits per heavy atom. The van der Waals surface area contributed by atoms with E-state index < -0.39 is 5.91 Å². The molecule has 130 heavy (non-hydrogen) atoms. The van der Waals surface area contributed by atoms with Gasteiger partial charge in [0.05, 0.1) is 33.0 Å². The molecule has 8 heterocycles. The molecule has 0 unspecified atom stereocenters. The number of aliphatic hydroxyl groups excluding tert-OH is 1. The molecule has 0 spiro atoms. The number of rotatable bonds is 36. The number of amides is 3. The van der Waals surface area contributed by atoms with E-state index in [9.17, 15) is 37.1 Å². The normalized spacial score (nSPS) is 12.7. The van der Waals surface area contributed by atoms with E-state index in [0.29, 0.717) is 169 Å². The number of benzene rings is 4. The lowest BCUT2D eigenvalue weighted by atomic mass is 10.0. The van der Waals surface area contributed by atoms with E-state index in [1.807, 2.05) is 97.8 Å². The second kappa shape index (κ2) is 48.0. The number of ether oxygens (including phenoxy) is 4. The van der Waals surface area contributed by atoms with Crippen molar-refractivity contribution in [2.45, 2.75) is 79.1 Å². The lowest BCUT2D eigenvalue weighted by Gasteiger charge is -2.17. The number of pyridine rings is 4. The summed E-state index contributed by atoms with van der Waals surface area (Å²) in [7, 11) is 11.4. The second-order valence-corrected chi connectivity index (χ2v) is 29.9. The van der Waals surface area contributed by atoms with Crippen LogP contribution in [0.1, 0.15) is 76.2 Å². The van der Waals surface area contributed by atoms with Crippen molar-refractivity contribution in [2.24, 2.45) is 71.6 Å². The highest BCUT2D eigenvalue weighted by atomic mass is 19.1. The van der Waals surface area contributed by atoms with E-state index in [1.54, 1.807) is 112 Å². The summed E-state index contributed by atoms with van der Waals surface area (Å²) in [5.41, 5.74) is 70.4. The van der Waals surface area contributed by atoms with Crippen molar-refractivity contribution >= 4 is 63.2 Å². The Balaban J connectivity index is 0.000000195. The van der Waals surface area contributed by atoms with Crippen LogP contribution in [-0.2, 0) is 40.1 Å². The zero-order valence-electron chi connectivity index (χ0n) is 75.0. The number of carbonyl (C=O) groups is 3. The van der Waals surface area contributed by atoms with Gasteiger partial charge < -0.3 is 103 Å². The number of aliphatic imine (C=N–C) groups is 4. The van der Waals surface area contributed by atoms with Gasteiger partial charge in [0.1, 0.15) is 85.9 Å². The van der Waals surface area contributed by atoms with Gasteiger partial charge in [-0.2, -0.15) is 0 Å². The number of fused-ring (bicyclic) bond motifs is 4. The van der Waals surface area contributed by atoms with Crippen LogP contribution >= 0.6 is 0 Å². The predicted molar refractivity (Wildman–Crippen MR) is 504 cm³/mol. The molecule has 12 rings (SSSR count). The van der Waals surface area contributed by atoms with Crippen molar-refractivity contribution < 1.29 is 56.0 Å². The maximum Gasteiger partial charge on any atom is 0.269 e. The van der Waals surface area contributed by atoms with Crippen molar-refractivity contribution in [3.05, 3.63) is 262 Å². The third kappa shape index (κ3) is 25.5. The van der Waals surface area contributed by atoms with Crippen molar-refractivity contribution in [3.63, 3.8) is 0 Å². The molecule has 0 fully saturated rings. The maximum atomic E-state index is 14.2. The summed E-state index contributed by atoms with van der Waals surface area (Å²) in [5, 5.41) is 11.9. The summed E-state index contributed by atoms with van der Waals surface area (Å²) in [6.45, 7) is 9.88. The number of nitrogens with one attached hydrogen (secondary N) is 1. The number of aromatic nitrogens is 8. The number of hydrogen-bond acceptors (Lipinski definition) is 24. The number of carbonyl (C=O) groups excluding carboxylic acids is 3. The number of primary amides is 1. The van der Waals surface area contributed by atoms with Crippen LogP contribution in [-0.4, -0.2) is 197 Å². The highest BCUT2D eigenvalue weighted by Crippen LogP contribution is 2.37. The molecule has 35 heteroatoms. The summed E-state index contributed by atoms with van der Waals surface area (Å²) < 4.78 is 88.3. The highest BCUT2D eigenvalue weighted by molar-refractivity contribution is 6.08. The summed E-state index contributed by atoms with van der Waals surface area (Å²) in [4.78, 5) is 71.4. The molecule has 31 nitrogen and oxygen atoms in total. The van der Waals surface area contributed by atoms with Gasteiger partial charge in [0.25, 0.3) is 17.7 Å². The number of nitrogens with two attached hydrogens (primary N) is 9. The third-order valence-corrected chi connectivity index (χ3v) is 21.4. The summed E-state index contributed by atoms with van der Waals surface area (Å²) in [6, 6.07) is 32.5. The molecule has 20 N–H and O–H groups in total. The van der Waals surface area contributed by atoms with Gasteiger partial charge in [0.15, 0.2) is 0 Å². The van der Waals surface area contributed by atoms with Crippen LogP contribution < -0.4 is 75.9 Å². The summed E-state index contributed by atoms with van der Waals surface area (Å²) in [5.74, 6) is -0.781. The average Bonchev–Trinajstić information content (AvgIpc) is 1.67. The molecule has 0 aliphatic heterocycles. The first-order valence-corrected chi connectivity index (χ1v) is 41.9. The van der Waals surface area contributed by atoms with E-state index in [1.165, 1.54) is 60.5 Å². The molecule has 686 valence electrons. The van der Waals surface area contributed by atoms with Crippen molar-refractivity contribution in [3.8, 4) is 67.5 Å². The Bertz CT molecular complexity index is 6270. The summed E-state index contributed by atoms with van der Waals surface area (Å²) in [6.07, 6.45) is 19.0. The topological polar surface area (TPSA) is 476 Å². The fraction of sp³-hybridized carbons (Fsp3) is 0.295. The van der Waals surface area contributed by atoms with Crippen LogP contribution in [0, 0.1) is 23.3 Å². The average molecular weight is 1780 g/mol. The van der Waals surface area contributed by atoms with Gasteiger partial charge >= 0.3 is 0 Å². The first-order valence-electron chi connectivity index (χ1n) is 41.9. The Kier molecular flexibility index (Phi) is 36.7. The van der Waals surface area contributed by atoms with Gasteiger partial charge in [-0.3, -0.25) is 34.4 Å². The fourth-order valence-corrected chi connectivity index (χ4v) is 14.1. The second-order valence-electron chi connectivity index (χ2n) is 29.9. The minimum atomic E-state index is -0.715. The van der Waals surface area contributed by atoms with Gasteiger partial charge in [-0.25, -0.2) is 37.5 Å². The molecule has 3 amide bonds. The molecule has 0 radical (unpaired) electrons. The van der Waals surface area contributed by atoms with Gasteiger partial charge in [0, 0.05) is 263 Å². The summed E-state index contributed by atoms with van der Waals surface area (Å²) >= 11 is 0. The number of hydrogen-bond donors (Lipinski definition) is 11. The zero-order chi connectivity index (χ0) is 94.4.